The number of aromatic nitrogens is 4. The number of anilines is 3. The molecule has 0 radical (unpaired) electrons. The molecule has 0 aliphatic carbocycles. The summed E-state index contributed by atoms with van der Waals surface area (Å²) in [6.07, 6.45) is 6.31. The van der Waals surface area contributed by atoms with Gasteiger partial charge in [0, 0.05) is 48.5 Å². The van der Waals surface area contributed by atoms with Crippen molar-refractivity contribution in [3.63, 3.8) is 0 Å². The van der Waals surface area contributed by atoms with E-state index < -0.39 is 6.03 Å². The minimum absolute atomic E-state index is 0.191. The van der Waals surface area contributed by atoms with Crippen molar-refractivity contribution in [2.75, 3.05) is 41.8 Å². The molecule has 1 aliphatic heterocycles. The van der Waals surface area contributed by atoms with E-state index in [0.29, 0.717) is 30.0 Å². The summed E-state index contributed by atoms with van der Waals surface area (Å²) in [7, 11) is 0. The minimum Gasteiger partial charge on any atom is -0.378 e. The van der Waals surface area contributed by atoms with Crippen LogP contribution in [0.4, 0.5) is 22.2 Å². The summed E-state index contributed by atoms with van der Waals surface area (Å²) in [6, 6.07) is 6.69. The van der Waals surface area contributed by atoms with Gasteiger partial charge in [0.25, 0.3) is 0 Å². The van der Waals surface area contributed by atoms with Gasteiger partial charge in [-0.15, -0.1) is 0 Å². The van der Waals surface area contributed by atoms with Gasteiger partial charge in [-0.1, -0.05) is 17.9 Å². The fourth-order valence-corrected chi connectivity index (χ4v) is 3.29. The van der Waals surface area contributed by atoms with Gasteiger partial charge in [0.1, 0.15) is 12.1 Å². The molecule has 10 heteroatoms. The second-order valence-corrected chi connectivity index (χ2v) is 7.03. The van der Waals surface area contributed by atoms with Crippen LogP contribution < -0.4 is 21.3 Å². The molecule has 0 spiro atoms. The molecular weight excluding hydrogens is 408 g/mol. The minimum atomic E-state index is -0.584. The zero-order valence-electron chi connectivity index (χ0n) is 17.3. The number of urea groups is 1. The Kier molecular flexibility index (Phi) is 6.38. The maximum atomic E-state index is 12.3. The molecule has 2 aromatic heterocycles. The monoisotopic (exact) mass is 430 g/mol. The molecule has 0 atom stereocenters. The molecule has 32 heavy (non-hydrogen) atoms. The number of nitrogens with two attached hydrogens (primary N) is 2. The zero-order valence-corrected chi connectivity index (χ0v) is 17.3. The summed E-state index contributed by atoms with van der Waals surface area (Å²) >= 11 is 0. The highest BCUT2D eigenvalue weighted by atomic mass is 16.5. The highest BCUT2D eigenvalue weighted by Gasteiger charge is 2.20. The maximum absolute atomic E-state index is 12.3. The number of ether oxygens (including phenoxy) is 1. The molecular formula is C22H22N8O2. The molecule has 3 heterocycles. The number of nitrogens with zero attached hydrogens (tertiary/aromatic N) is 6. The Morgan fingerprint density at radius 3 is 2.59 bits per heavy atom. The standard InChI is InChI=1S/C22H22N8O2/c23-21-26-11-17(12-27-21)5-4-16-2-1-3-19(10-16)30(22(24)31)14-18-13-25-15-28-20(18)29-6-8-32-9-7-29/h1-3,10-13,15H,6-9,14H2,(H2,24,31)(H2,23,26,27). The predicted molar refractivity (Wildman–Crippen MR) is 120 cm³/mol. The molecule has 1 saturated heterocycles. The molecule has 2 amide bonds. The number of rotatable bonds is 4. The number of benzene rings is 1. The van der Waals surface area contributed by atoms with Crippen molar-refractivity contribution < 1.29 is 9.53 Å². The van der Waals surface area contributed by atoms with Crippen molar-refractivity contribution in [1.82, 2.24) is 19.9 Å². The average molecular weight is 430 g/mol. The summed E-state index contributed by atoms with van der Waals surface area (Å²) in [5, 5.41) is 0. The Balaban J connectivity index is 1.59. The quantitative estimate of drug-likeness (QED) is 0.589. The van der Waals surface area contributed by atoms with E-state index in [2.05, 4.69) is 36.7 Å². The van der Waals surface area contributed by atoms with Gasteiger partial charge in [-0.05, 0) is 18.2 Å². The van der Waals surface area contributed by atoms with Crippen LogP contribution in [0.3, 0.4) is 0 Å². The lowest BCUT2D eigenvalue weighted by Gasteiger charge is -2.30. The van der Waals surface area contributed by atoms with Gasteiger partial charge >= 0.3 is 6.03 Å². The predicted octanol–water partition coefficient (Wildman–Crippen LogP) is 1.17. The van der Waals surface area contributed by atoms with Crippen LogP contribution in [-0.4, -0.2) is 52.3 Å². The second-order valence-electron chi connectivity index (χ2n) is 7.03. The molecule has 10 nitrogen and oxygen atoms in total. The maximum Gasteiger partial charge on any atom is 0.319 e. The topological polar surface area (TPSA) is 136 Å². The number of hydrogen-bond donors (Lipinski definition) is 2. The highest BCUT2D eigenvalue weighted by molar-refractivity contribution is 5.91. The number of nitrogen functional groups attached to an aromatic ring is 1. The summed E-state index contributed by atoms with van der Waals surface area (Å²) in [5.74, 6) is 6.99. The second kappa shape index (κ2) is 9.72. The Bertz CT molecular complexity index is 1150. The van der Waals surface area contributed by atoms with E-state index >= 15 is 0 Å². The molecule has 1 aromatic carbocycles. The molecule has 0 unspecified atom stereocenters. The fraction of sp³-hybridized carbons (Fsp3) is 0.227. The van der Waals surface area contributed by atoms with Gasteiger partial charge in [0.15, 0.2) is 0 Å². The third-order valence-electron chi connectivity index (χ3n) is 4.85. The number of carbonyl (C=O) groups excluding carboxylic acids is 1. The summed E-state index contributed by atoms with van der Waals surface area (Å²) < 4.78 is 5.43. The number of primary amides is 1. The molecule has 0 bridgehead atoms. The van der Waals surface area contributed by atoms with Crippen molar-refractivity contribution in [2.45, 2.75) is 6.54 Å². The average Bonchev–Trinajstić information content (AvgIpc) is 2.83. The van der Waals surface area contributed by atoms with Gasteiger partial charge in [-0.2, -0.15) is 0 Å². The number of carbonyl (C=O) groups is 1. The highest BCUT2D eigenvalue weighted by Crippen LogP contribution is 2.23. The van der Waals surface area contributed by atoms with E-state index in [1.165, 1.54) is 11.2 Å². The summed E-state index contributed by atoms with van der Waals surface area (Å²) in [4.78, 5) is 32.3. The molecule has 1 aliphatic rings. The lowest BCUT2D eigenvalue weighted by Crippen LogP contribution is -2.39. The van der Waals surface area contributed by atoms with Crippen molar-refractivity contribution >= 4 is 23.5 Å². The molecule has 0 saturated carbocycles. The molecule has 3 aromatic rings. The first-order valence-corrected chi connectivity index (χ1v) is 9.98. The number of hydrogen-bond acceptors (Lipinski definition) is 8. The first kappa shape index (κ1) is 21.0. The third kappa shape index (κ3) is 5.08. The van der Waals surface area contributed by atoms with Gasteiger partial charge in [0.05, 0.1) is 25.3 Å². The zero-order chi connectivity index (χ0) is 22.3. The normalized spacial score (nSPS) is 13.2. The van der Waals surface area contributed by atoms with E-state index in [9.17, 15) is 4.79 Å². The smallest absolute Gasteiger partial charge is 0.319 e. The van der Waals surface area contributed by atoms with Crippen LogP contribution in [0.15, 0.2) is 49.2 Å². The summed E-state index contributed by atoms with van der Waals surface area (Å²) in [5.41, 5.74) is 14.0. The van der Waals surface area contributed by atoms with Crippen molar-refractivity contribution in [3.8, 4) is 11.8 Å². The van der Waals surface area contributed by atoms with Gasteiger partial charge in [0.2, 0.25) is 5.95 Å². The fourth-order valence-electron chi connectivity index (χ4n) is 3.29. The van der Waals surface area contributed by atoms with Gasteiger partial charge in [-0.25, -0.2) is 24.7 Å². The summed E-state index contributed by atoms with van der Waals surface area (Å²) in [6.45, 7) is 2.93. The van der Waals surface area contributed by atoms with Crippen molar-refractivity contribution in [3.05, 3.63) is 65.9 Å². The number of amides is 2. The Hall–Kier alpha value is -4.23. The van der Waals surface area contributed by atoms with Crippen LogP contribution in [-0.2, 0) is 11.3 Å². The van der Waals surface area contributed by atoms with Crippen LogP contribution >= 0.6 is 0 Å². The Morgan fingerprint density at radius 1 is 1.09 bits per heavy atom. The molecule has 4 N–H and O–H groups in total. The third-order valence-corrected chi connectivity index (χ3v) is 4.85. The van der Waals surface area contributed by atoms with E-state index in [4.69, 9.17) is 16.2 Å². The van der Waals surface area contributed by atoms with Crippen LogP contribution in [0.2, 0.25) is 0 Å². The van der Waals surface area contributed by atoms with Crippen molar-refractivity contribution in [1.29, 1.82) is 0 Å². The first-order chi connectivity index (χ1) is 15.6. The number of morpholine rings is 1. The van der Waals surface area contributed by atoms with Gasteiger partial charge < -0.3 is 21.1 Å². The van der Waals surface area contributed by atoms with E-state index in [0.717, 1.165) is 24.5 Å². The first-order valence-electron chi connectivity index (χ1n) is 9.98. The van der Waals surface area contributed by atoms with E-state index in [1.54, 1.807) is 30.7 Å². The van der Waals surface area contributed by atoms with E-state index in [1.807, 2.05) is 12.1 Å². The Morgan fingerprint density at radius 2 is 1.84 bits per heavy atom. The van der Waals surface area contributed by atoms with Crippen LogP contribution in [0, 0.1) is 11.8 Å². The lowest BCUT2D eigenvalue weighted by atomic mass is 10.1. The van der Waals surface area contributed by atoms with Crippen LogP contribution in [0.1, 0.15) is 16.7 Å². The van der Waals surface area contributed by atoms with Gasteiger partial charge in [-0.3, -0.25) is 4.90 Å². The molecule has 4 rings (SSSR count). The van der Waals surface area contributed by atoms with Crippen molar-refractivity contribution in [2.24, 2.45) is 5.73 Å². The lowest BCUT2D eigenvalue weighted by molar-refractivity contribution is 0.122. The van der Waals surface area contributed by atoms with Crippen LogP contribution in [0.5, 0.6) is 0 Å². The SMILES string of the molecule is NC(=O)N(Cc1cncnc1N1CCOCC1)c1cccc(C#Cc2cnc(N)nc2)c1. The Labute approximate surface area is 185 Å². The largest absolute Gasteiger partial charge is 0.378 e. The molecule has 162 valence electrons. The van der Waals surface area contributed by atoms with Crippen LogP contribution in [0.25, 0.3) is 0 Å². The van der Waals surface area contributed by atoms with E-state index in [-0.39, 0.29) is 12.5 Å². The molecule has 1 fully saturated rings.